The summed E-state index contributed by atoms with van der Waals surface area (Å²) in [4.78, 5) is 3.73. The smallest absolute Gasteiger partial charge is 0.190 e. The number of nitrogens with one attached hydrogen (secondary N) is 2. The van der Waals surface area contributed by atoms with Crippen molar-refractivity contribution in [1.29, 1.82) is 10.8 Å². The van der Waals surface area contributed by atoms with Crippen LogP contribution in [0.25, 0.3) is 0 Å². The van der Waals surface area contributed by atoms with Gasteiger partial charge in [-0.2, -0.15) is 9.78 Å². The summed E-state index contributed by atoms with van der Waals surface area (Å²) in [6, 6.07) is 0. The molecule has 16 heavy (non-hydrogen) atoms. The molecule has 2 rings (SSSR count). The van der Waals surface area contributed by atoms with Gasteiger partial charge in [-0.3, -0.25) is 10.8 Å². The van der Waals surface area contributed by atoms with Gasteiger partial charge in [0, 0.05) is 5.92 Å². The Morgan fingerprint density at radius 1 is 1.38 bits per heavy atom. The van der Waals surface area contributed by atoms with Gasteiger partial charge in [-0.05, 0) is 12.8 Å². The minimum atomic E-state index is 0.0121. The van der Waals surface area contributed by atoms with Crippen LogP contribution in [0.3, 0.4) is 0 Å². The largest absolute Gasteiger partial charge is 0.381 e. The van der Waals surface area contributed by atoms with Crippen LogP contribution in [-0.2, 0) is 0 Å². The average molecular weight is 220 g/mol. The van der Waals surface area contributed by atoms with Crippen LogP contribution in [-0.4, -0.2) is 20.6 Å². The Bertz CT molecular complexity index is 443. The molecular formula is C10H16N6. The Kier molecular flexibility index (Phi) is 2.98. The van der Waals surface area contributed by atoms with E-state index in [9.17, 15) is 0 Å². The topological polar surface area (TPSA) is 104 Å². The lowest BCUT2D eigenvalue weighted by Gasteiger charge is -2.22. The number of nitrogen functional groups attached to an aromatic ring is 1. The molecule has 6 heteroatoms. The second kappa shape index (κ2) is 4.42. The van der Waals surface area contributed by atoms with Gasteiger partial charge in [0.15, 0.2) is 11.3 Å². The molecule has 0 unspecified atom stereocenters. The summed E-state index contributed by atoms with van der Waals surface area (Å²) in [6.07, 6.45) is 6.87. The highest BCUT2D eigenvalue weighted by Crippen LogP contribution is 2.24. The first kappa shape index (κ1) is 10.8. The van der Waals surface area contributed by atoms with Gasteiger partial charge in [-0.25, -0.2) is 4.98 Å². The summed E-state index contributed by atoms with van der Waals surface area (Å²) in [7, 11) is 0. The number of nitrogens with two attached hydrogens (primary N) is 1. The normalized spacial score (nSPS) is 17.2. The van der Waals surface area contributed by atoms with Crippen molar-refractivity contribution in [2.45, 2.75) is 32.1 Å². The predicted molar refractivity (Wildman–Crippen MR) is 60.0 cm³/mol. The number of aromatic nitrogens is 3. The molecule has 4 N–H and O–H groups in total. The van der Waals surface area contributed by atoms with Gasteiger partial charge in [0.25, 0.3) is 0 Å². The first-order valence-corrected chi connectivity index (χ1v) is 5.53. The van der Waals surface area contributed by atoms with E-state index in [0.29, 0.717) is 5.84 Å². The number of nitrogens with zero attached hydrogens (tertiary/aromatic N) is 3. The maximum atomic E-state index is 8.06. The third kappa shape index (κ3) is 1.95. The Morgan fingerprint density at radius 3 is 2.75 bits per heavy atom. The van der Waals surface area contributed by atoms with Crippen LogP contribution in [0.4, 0.5) is 5.82 Å². The quantitative estimate of drug-likeness (QED) is 0.480. The van der Waals surface area contributed by atoms with E-state index in [1.54, 1.807) is 0 Å². The van der Waals surface area contributed by atoms with Crippen molar-refractivity contribution in [2.75, 3.05) is 5.73 Å². The van der Waals surface area contributed by atoms with Crippen LogP contribution in [0.2, 0.25) is 0 Å². The zero-order chi connectivity index (χ0) is 11.5. The number of rotatable bonds is 1. The summed E-state index contributed by atoms with van der Waals surface area (Å²) in [6.45, 7) is 0. The van der Waals surface area contributed by atoms with Gasteiger partial charge in [0.05, 0.1) is 0 Å². The fourth-order valence-corrected chi connectivity index (χ4v) is 2.10. The molecule has 0 saturated heterocycles. The van der Waals surface area contributed by atoms with Crippen molar-refractivity contribution in [1.82, 2.24) is 14.8 Å². The second-order valence-electron chi connectivity index (χ2n) is 4.13. The summed E-state index contributed by atoms with van der Waals surface area (Å²) >= 11 is 0. The maximum Gasteiger partial charge on any atom is 0.190 e. The summed E-state index contributed by atoms with van der Waals surface area (Å²) in [5.74, 6) is 0.700. The number of hydrogen-bond donors (Lipinski definition) is 3. The summed E-state index contributed by atoms with van der Waals surface area (Å²) in [5.41, 5.74) is 5.54. The molecule has 1 aromatic heterocycles. The van der Waals surface area contributed by atoms with Gasteiger partial charge in [-0.15, -0.1) is 0 Å². The minimum absolute atomic E-state index is 0.0121. The van der Waals surface area contributed by atoms with E-state index in [1.165, 1.54) is 17.4 Å². The van der Waals surface area contributed by atoms with E-state index in [4.69, 9.17) is 16.6 Å². The zero-order valence-electron chi connectivity index (χ0n) is 9.11. The van der Waals surface area contributed by atoms with Crippen molar-refractivity contribution >= 4 is 11.7 Å². The predicted octanol–water partition coefficient (Wildman–Crippen LogP) is 0.745. The molecule has 0 bridgehead atoms. The first-order valence-electron chi connectivity index (χ1n) is 5.53. The second-order valence-corrected chi connectivity index (χ2v) is 4.13. The Hall–Kier alpha value is -1.72. The molecule has 0 aliphatic heterocycles. The molecule has 6 nitrogen and oxygen atoms in total. The molecule has 1 aliphatic carbocycles. The van der Waals surface area contributed by atoms with Crippen molar-refractivity contribution in [2.24, 2.45) is 5.92 Å². The molecule has 0 aromatic carbocycles. The van der Waals surface area contributed by atoms with Gasteiger partial charge in [0.1, 0.15) is 12.2 Å². The van der Waals surface area contributed by atoms with Gasteiger partial charge >= 0.3 is 0 Å². The Balaban J connectivity index is 2.26. The molecule has 0 amide bonds. The third-order valence-corrected chi connectivity index (χ3v) is 3.04. The highest BCUT2D eigenvalue weighted by Gasteiger charge is 2.20. The Morgan fingerprint density at radius 2 is 2.06 bits per heavy atom. The monoisotopic (exact) mass is 220 g/mol. The van der Waals surface area contributed by atoms with E-state index in [-0.39, 0.29) is 17.2 Å². The summed E-state index contributed by atoms with van der Waals surface area (Å²) < 4.78 is 1.29. The standard InChI is InChI=1S/C10H16N6/c11-8-10(13)16(15-6-14-8)9(12)7-4-2-1-3-5-7/h6-7,12-13H,1-5H2,(H2,11,14,15). The molecule has 1 aromatic rings. The van der Waals surface area contributed by atoms with Crippen molar-refractivity contribution < 1.29 is 0 Å². The molecule has 0 spiro atoms. The van der Waals surface area contributed by atoms with Crippen LogP contribution in [0.15, 0.2) is 6.33 Å². The molecule has 0 atom stereocenters. The fraction of sp³-hybridized carbons (Fsp3) is 0.600. The van der Waals surface area contributed by atoms with E-state index in [1.807, 2.05) is 0 Å². The highest BCUT2D eigenvalue weighted by atomic mass is 15.3. The zero-order valence-corrected chi connectivity index (χ0v) is 9.11. The Labute approximate surface area is 93.5 Å². The van der Waals surface area contributed by atoms with Gasteiger partial charge in [0.2, 0.25) is 0 Å². The number of hydrogen-bond acceptors (Lipinski definition) is 5. The maximum absolute atomic E-state index is 8.06. The lowest BCUT2D eigenvalue weighted by molar-refractivity contribution is 0.427. The number of anilines is 1. The van der Waals surface area contributed by atoms with Crippen LogP contribution >= 0.6 is 0 Å². The van der Waals surface area contributed by atoms with Crippen molar-refractivity contribution in [3.63, 3.8) is 0 Å². The summed E-state index contributed by atoms with van der Waals surface area (Å²) in [5, 5.41) is 19.7. The molecule has 86 valence electrons. The fourth-order valence-electron chi connectivity index (χ4n) is 2.10. The van der Waals surface area contributed by atoms with E-state index >= 15 is 0 Å². The first-order chi connectivity index (χ1) is 7.70. The minimum Gasteiger partial charge on any atom is -0.381 e. The van der Waals surface area contributed by atoms with Crippen molar-refractivity contribution in [3.8, 4) is 0 Å². The lowest BCUT2D eigenvalue weighted by Crippen LogP contribution is -2.36. The SMILES string of the molecule is N=C(C1CCCCC1)n1ncnc(N)c1=N. The van der Waals surface area contributed by atoms with Crippen LogP contribution in [0.1, 0.15) is 32.1 Å². The van der Waals surface area contributed by atoms with E-state index in [2.05, 4.69) is 10.1 Å². The van der Waals surface area contributed by atoms with Crippen LogP contribution in [0.5, 0.6) is 0 Å². The third-order valence-electron chi connectivity index (χ3n) is 3.04. The van der Waals surface area contributed by atoms with E-state index in [0.717, 1.165) is 25.7 Å². The molecule has 1 aliphatic rings. The molecule has 1 heterocycles. The highest BCUT2D eigenvalue weighted by molar-refractivity contribution is 5.83. The van der Waals surface area contributed by atoms with Crippen LogP contribution in [0, 0.1) is 16.7 Å². The molecule has 1 fully saturated rings. The average Bonchev–Trinajstić information content (AvgIpc) is 2.33. The van der Waals surface area contributed by atoms with Crippen LogP contribution < -0.4 is 11.2 Å². The van der Waals surface area contributed by atoms with Gasteiger partial charge < -0.3 is 5.73 Å². The molecule has 1 saturated carbocycles. The molecular weight excluding hydrogens is 204 g/mol. The van der Waals surface area contributed by atoms with Gasteiger partial charge in [-0.1, -0.05) is 19.3 Å². The molecule has 0 radical (unpaired) electrons. The lowest BCUT2D eigenvalue weighted by atomic mass is 9.88. The van der Waals surface area contributed by atoms with Crippen molar-refractivity contribution in [3.05, 3.63) is 11.8 Å². The van der Waals surface area contributed by atoms with E-state index < -0.39 is 0 Å².